The monoisotopic (exact) mass is 204 g/mol. The minimum absolute atomic E-state index is 0.154. The van der Waals surface area contributed by atoms with Gasteiger partial charge in [-0.15, -0.1) is 0 Å². The normalized spacial score (nSPS) is 35.2. The third kappa shape index (κ3) is 2.42. The van der Waals surface area contributed by atoms with Crippen LogP contribution >= 0.6 is 0 Å². The molecule has 2 fully saturated rings. The third-order valence-electron chi connectivity index (χ3n) is 3.07. The van der Waals surface area contributed by atoms with Gasteiger partial charge in [0.25, 0.3) is 0 Å². The first-order chi connectivity index (χ1) is 6.06. The standard InChI is InChI=1S/C8H16N2O2S/c9-13(11,12)5-7-3-10-4-8(7)6-1-2-6/h6-8,10H,1-5H2,(H2,9,11,12). The quantitative estimate of drug-likeness (QED) is 0.652. The molecule has 0 amide bonds. The molecule has 2 aliphatic rings. The first-order valence-corrected chi connectivity index (χ1v) is 6.49. The maximum atomic E-state index is 10.9. The van der Waals surface area contributed by atoms with Crippen LogP contribution in [0.5, 0.6) is 0 Å². The number of nitrogens with two attached hydrogens (primary N) is 1. The largest absolute Gasteiger partial charge is 0.316 e. The van der Waals surface area contributed by atoms with Crippen LogP contribution in [-0.4, -0.2) is 27.3 Å². The van der Waals surface area contributed by atoms with Gasteiger partial charge in [0.2, 0.25) is 10.0 Å². The molecule has 1 saturated carbocycles. The maximum Gasteiger partial charge on any atom is 0.209 e. The van der Waals surface area contributed by atoms with Crippen LogP contribution in [-0.2, 0) is 10.0 Å². The van der Waals surface area contributed by atoms with Crippen LogP contribution in [0.2, 0.25) is 0 Å². The second-order valence-electron chi connectivity index (χ2n) is 4.25. The van der Waals surface area contributed by atoms with Crippen molar-refractivity contribution in [2.75, 3.05) is 18.8 Å². The zero-order valence-electron chi connectivity index (χ0n) is 7.57. The van der Waals surface area contributed by atoms with Crippen LogP contribution in [0.15, 0.2) is 0 Å². The highest BCUT2D eigenvalue weighted by Crippen LogP contribution is 2.42. The minimum Gasteiger partial charge on any atom is -0.316 e. The molecule has 1 saturated heterocycles. The van der Waals surface area contributed by atoms with E-state index in [1.165, 1.54) is 12.8 Å². The molecule has 1 aliphatic carbocycles. The van der Waals surface area contributed by atoms with E-state index in [2.05, 4.69) is 5.32 Å². The third-order valence-corrected chi connectivity index (χ3v) is 3.96. The average molecular weight is 204 g/mol. The topological polar surface area (TPSA) is 72.2 Å². The molecule has 76 valence electrons. The second kappa shape index (κ2) is 3.22. The molecular weight excluding hydrogens is 188 g/mol. The van der Waals surface area contributed by atoms with Crippen molar-refractivity contribution in [3.63, 3.8) is 0 Å². The molecule has 0 aromatic heterocycles. The number of nitrogens with one attached hydrogen (secondary N) is 1. The molecule has 2 unspecified atom stereocenters. The summed E-state index contributed by atoms with van der Waals surface area (Å²) in [6.45, 7) is 1.79. The van der Waals surface area contributed by atoms with E-state index < -0.39 is 10.0 Å². The summed E-state index contributed by atoms with van der Waals surface area (Å²) in [5, 5.41) is 8.29. The fourth-order valence-electron chi connectivity index (χ4n) is 2.31. The Labute approximate surface area is 78.9 Å². The number of hydrogen-bond donors (Lipinski definition) is 2. The van der Waals surface area contributed by atoms with Crippen molar-refractivity contribution in [3.8, 4) is 0 Å². The Morgan fingerprint density at radius 2 is 2.00 bits per heavy atom. The van der Waals surface area contributed by atoms with Crippen molar-refractivity contribution in [3.05, 3.63) is 0 Å². The SMILES string of the molecule is NS(=O)(=O)CC1CNCC1C1CC1. The minimum atomic E-state index is -3.29. The smallest absolute Gasteiger partial charge is 0.209 e. The summed E-state index contributed by atoms with van der Waals surface area (Å²) in [5.74, 6) is 1.73. The van der Waals surface area contributed by atoms with Crippen molar-refractivity contribution in [2.24, 2.45) is 22.9 Å². The molecule has 1 aliphatic heterocycles. The van der Waals surface area contributed by atoms with E-state index in [1.807, 2.05) is 0 Å². The summed E-state index contributed by atoms with van der Waals surface area (Å²) in [4.78, 5) is 0. The molecule has 1 heterocycles. The van der Waals surface area contributed by atoms with E-state index >= 15 is 0 Å². The van der Waals surface area contributed by atoms with Crippen LogP contribution in [0.25, 0.3) is 0 Å². The van der Waals surface area contributed by atoms with Crippen molar-refractivity contribution >= 4 is 10.0 Å². The average Bonchev–Trinajstić information content (AvgIpc) is 2.72. The highest BCUT2D eigenvalue weighted by atomic mass is 32.2. The van der Waals surface area contributed by atoms with E-state index in [4.69, 9.17) is 5.14 Å². The summed E-state index contributed by atoms with van der Waals surface area (Å²) in [6, 6.07) is 0. The van der Waals surface area contributed by atoms with E-state index in [0.29, 0.717) is 5.92 Å². The van der Waals surface area contributed by atoms with Crippen molar-refractivity contribution in [2.45, 2.75) is 12.8 Å². The Morgan fingerprint density at radius 3 is 2.54 bits per heavy atom. The van der Waals surface area contributed by atoms with Crippen LogP contribution in [0, 0.1) is 17.8 Å². The summed E-state index contributed by atoms with van der Waals surface area (Å²) < 4.78 is 21.9. The van der Waals surface area contributed by atoms with Gasteiger partial charge in [-0.2, -0.15) is 0 Å². The van der Waals surface area contributed by atoms with Gasteiger partial charge in [0.15, 0.2) is 0 Å². The van der Waals surface area contributed by atoms with Crippen LogP contribution in [0.3, 0.4) is 0 Å². The van der Waals surface area contributed by atoms with Gasteiger partial charge in [0.1, 0.15) is 0 Å². The first-order valence-electron chi connectivity index (χ1n) is 4.77. The lowest BCUT2D eigenvalue weighted by atomic mass is 9.93. The summed E-state index contributed by atoms with van der Waals surface area (Å²) in [7, 11) is -3.29. The van der Waals surface area contributed by atoms with Gasteiger partial charge in [-0.1, -0.05) is 0 Å². The maximum absolute atomic E-state index is 10.9. The predicted molar refractivity (Wildman–Crippen MR) is 50.5 cm³/mol. The van der Waals surface area contributed by atoms with E-state index in [9.17, 15) is 8.42 Å². The Bertz CT molecular complexity index is 285. The summed E-state index contributed by atoms with van der Waals surface area (Å²) in [6.07, 6.45) is 2.54. The van der Waals surface area contributed by atoms with E-state index in [0.717, 1.165) is 19.0 Å². The van der Waals surface area contributed by atoms with Crippen molar-refractivity contribution in [1.82, 2.24) is 5.32 Å². The molecule has 4 nitrogen and oxygen atoms in total. The molecule has 0 aromatic rings. The molecule has 5 heteroatoms. The lowest BCUT2D eigenvalue weighted by Gasteiger charge is -2.16. The molecule has 2 rings (SSSR count). The fourth-order valence-corrected chi connectivity index (χ4v) is 3.27. The lowest BCUT2D eigenvalue weighted by Crippen LogP contribution is -2.28. The number of primary sulfonamides is 1. The van der Waals surface area contributed by atoms with Gasteiger partial charge in [-0.3, -0.25) is 0 Å². The Morgan fingerprint density at radius 1 is 1.31 bits per heavy atom. The van der Waals surface area contributed by atoms with Gasteiger partial charge in [-0.05, 0) is 43.7 Å². The number of rotatable bonds is 3. The number of hydrogen-bond acceptors (Lipinski definition) is 3. The van der Waals surface area contributed by atoms with Gasteiger partial charge in [0, 0.05) is 0 Å². The summed E-state index contributed by atoms with van der Waals surface area (Å²) >= 11 is 0. The summed E-state index contributed by atoms with van der Waals surface area (Å²) in [5.41, 5.74) is 0. The van der Waals surface area contributed by atoms with Gasteiger partial charge in [-0.25, -0.2) is 13.6 Å². The zero-order valence-corrected chi connectivity index (χ0v) is 8.39. The first kappa shape index (κ1) is 9.43. The van der Waals surface area contributed by atoms with Gasteiger partial charge >= 0.3 is 0 Å². The van der Waals surface area contributed by atoms with Gasteiger partial charge in [0.05, 0.1) is 5.75 Å². The van der Waals surface area contributed by atoms with E-state index in [1.54, 1.807) is 0 Å². The molecule has 0 bridgehead atoms. The Hall–Kier alpha value is -0.130. The van der Waals surface area contributed by atoms with Crippen molar-refractivity contribution < 1.29 is 8.42 Å². The Kier molecular flexibility index (Phi) is 2.33. The molecule has 0 radical (unpaired) electrons. The molecular formula is C8H16N2O2S. The lowest BCUT2D eigenvalue weighted by molar-refractivity contribution is 0.401. The van der Waals surface area contributed by atoms with Crippen LogP contribution in [0.4, 0.5) is 0 Å². The highest BCUT2D eigenvalue weighted by molar-refractivity contribution is 7.89. The molecule has 3 N–H and O–H groups in total. The number of sulfonamides is 1. The molecule has 0 aromatic carbocycles. The Balaban J connectivity index is 1.97. The molecule has 2 atom stereocenters. The predicted octanol–water partition coefficient (Wildman–Crippen LogP) is -0.479. The van der Waals surface area contributed by atoms with Crippen LogP contribution in [0.1, 0.15) is 12.8 Å². The highest BCUT2D eigenvalue weighted by Gasteiger charge is 2.40. The second-order valence-corrected chi connectivity index (χ2v) is 5.91. The molecule has 0 spiro atoms. The van der Waals surface area contributed by atoms with E-state index in [-0.39, 0.29) is 11.7 Å². The fraction of sp³-hybridized carbons (Fsp3) is 1.00. The van der Waals surface area contributed by atoms with Crippen LogP contribution < -0.4 is 10.5 Å². The van der Waals surface area contributed by atoms with Crippen molar-refractivity contribution in [1.29, 1.82) is 0 Å². The zero-order chi connectivity index (χ0) is 9.47. The molecule has 13 heavy (non-hydrogen) atoms. The van der Waals surface area contributed by atoms with Gasteiger partial charge < -0.3 is 5.32 Å².